The first-order chi connectivity index (χ1) is 14.0. The number of anilines is 1. The zero-order valence-corrected chi connectivity index (χ0v) is 16.5. The minimum Gasteiger partial charge on any atom is -0.348 e. The monoisotopic (exact) mass is 411 g/mol. The standard InChI is InChI=1S/C20H21N5O3S/c26-20(18-6-1-2-9-21-18)24-16-4-3-5-17(14-16)29(27,28)25-12-7-15(8-13-25)19-22-10-11-23-19/h1-6,9-11,14-15H,7-8,12-13H2,(H,22,23)(H,24,26). The molecule has 0 unspecified atom stereocenters. The largest absolute Gasteiger partial charge is 0.348 e. The third-order valence-corrected chi connectivity index (χ3v) is 6.88. The number of nitrogens with one attached hydrogen (secondary N) is 2. The molecule has 0 saturated carbocycles. The Bertz CT molecular complexity index is 1080. The summed E-state index contributed by atoms with van der Waals surface area (Å²) in [5.74, 6) is 0.751. The highest BCUT2D eigenvalue weighted by atomic mass is 32.2. The van der Waals surface area contributed by atoms with E-state index in [-0.39, 0.29) is 22.4 Å². The van der Waals surface area contributed by atoms with Crippen molar-refractivity contribution in [3.63, 3.8) is 0 Å². The fourth-order valence-corrected chi connectivity index (χ4v) is 4.96. The molecule has 2 N–H and O–H groups in total. The number of carbonyl (C=O) groups excluding carboxylic acids is 1. The van der Waals surface area contributed by atoms with Gasteiger partial charge in [0.1, 0.15) is 11.5 Å². The van der Waals surface area contributed by atoms with Gasteiger partial charge in [0.2, 0.25) is 10.0 Å². The highest BCUT2D eigenvalue weighted by Gasteiger charge is 2.30. The zero-order chi connectivity index (χ0) is 20.3. The number of hydrogen-bond donors (Lipinski definition) is 2. The summed E-state index contributed by atoms with van der Waals surface area (Å²) in [7, 11) is -3.64. The van der Waals surface area contributed by atoms with Gasteiger partial charge < -0.3 is 10.3 Å². The van der Waals surface area contributed by atoms with Crippen molar-refractivity contribution >= 4 is 21.6 Å². The summed E-state index contributed by atoms with van der Waals surface area (Å²) < 4.78 is 27.6. The van der Waals surface area contributed by atoms with E-state index in [9.17, 15) is 13.2 Å². The van der Waals surface area contributed by atoms with E-state index < -0.39 is 10.0 Å². The maximum Gasteiger partial charge on any atom is 0.274 e. The molecular formula is C20H21N5O3S. The van der Waals surface area contributed by atoms with E-state index in [1.165, 1.54) is 16.6 Å². The van der Waals surface area contributed by atoms with Crippen LogP contribution in [0.4, 0.5) is 5.69 Å². The Labute approximate surface area is 169 Å². The van der Waals surface area contributed by atoms with Crippen molar-refractivity contribution in [3.8, 4) is 0 Å². The second-order valence-electron chi connectivity index (χ2n) is 6.85. The number of benzene rings is 1. The molecule has 1 amide bonds. The van der Waals surface area contributed by atoms with E-state index >= 15 is 0 Å². The molecule has 150 valence electrons. The van der Waals surface area contributed by atoms with Crippen LogP contribution in [0, 0.1) is 0 Å². The van der Waals surface area contributed by atoms with Crippen molar-refractivity contribution in [2.24, 2.45) is 0 Å². The molecule has 0 bridgehead atoms. The summed E-state index contributed by atoms with van der Waals surface area (Å²) in [5.41, 5.74) is 0.674. The molecule has 1 saturated heterocycles. The van der Waals surface area contributed by atoms with Crippen LogP contribution in [0.2, 0.25) is 0 Å². The van der Waals surface area contributed by atoms with Crippen molar-refractivity contribution in [3.05, 3.63) is 72.6 Å². The average molecular weight is 411 g/mol. The molecule has 8 nitrogen and oxygen atoms in total. The topological polar surface area (TPSA) is 108 Å². The molecule has 4 rings (SSSR count). The number of H-pyrrole nitrogens is 1. The lowest BCUT2D eigenvalue weighted by Gasteiger charge is -2.30. The number of pyridine rings is 1. The molecule has 0 radical (unpaired) electrons. The SMILES string of the molecule is O=C(Nc1cccc(S(=O)(=O)N2CCC(c3ncc[nH]3)CC2)c1)c1ccccn1. The minimum atomic E-state index is -3.64. The number of hydrogen-bond acceptors (Lipinski definition) is 5. The van der Waals surface area contributed by atoms with E-state index in [0.717, 1.165) is 5.82 Å². The molecule has 1 aliphatic heterocycles. The van der Waals surface area contributed by atoms with Crippen LogP contribution in [-0.4, -0.2) is 46.7 Å². The number of aromatic nitrogens is 3. The van der Waals surface area contributed by atoms with Gasteiger partial charge in [-0.1, -0.05) is 12.1 Å². The van der Waals surface area contributed by atoms with Gasteiger partial charge in [-0.05, 0) is 43.2 Å². The summed E-state index contributed by atoms with van der Waals surface area (Å²) in [6.45, 7) is 0.858. The number of rotatable bonds is 5. The Kier molecular flexibility index (Phi) is 5.41. The van der Waals surface area contributed by atoms with E-state index in [1.54, 1.807) is 48.8 Å². The van der Waals surface area contributed by atoms with Gasteiger partial charge in [-0.25, -0.2) is 13.4 Å². The molecule has 1 aliphatic rings. The van der Waals surface area contributed by atoms with Crippen LogP contribution in [0.15, 0.2) is 66.0 Å². The van der Waals surface area contributed by atoms with Gasteiger partial charge in [0.25, 0.3) is 5.91 Å². The Morgan fingerprint density at radius 1 is 1.07 bits per heavy atom. The number of piperidine rings is 1. The summed E-state index contributed by atoms with van der Waals surface area (Å²) in [4.78, 5) is 23.8. The third kappa shape index (κ3) is 4.20. The van der Waals surface area contributed by atoms with Crippen LogP contribution in [0.1, 0.15) is 35.1 Å². The summed E-state index contributed by atoms with van der Waals surface area (Å²) in [5, 5.41) is 2.70. The lowest BCUT2D eigenvalue weighted by Crippen LogP contribution is -2.38. The fourth-order valence-electron chi connectivity index (χ4n) is 3.45. The van der Waals surface area contributed by atoms with Gasteiger partial charge in [0, 0.05) is 43.3 Å². The molecule has 2 aromatic heterocycles. The van der Waals surface area contributed by atoms with Gasteiger partial charge in [-0.15, -0.1) is 0 Å². The van der Waals surface area contributed by atoms with Gasteiger partial charge in [-0.3, -0.25) is 9.78 Å². The van der Waals surface area contributed by atoms with Crippen molar-refractivity contribution < 1.29 is 13.2 Å². The summed E-state index contributed by atoms with van der Waals surface area (Å²) in [6.07, 6.45) is 6.44. The Morgan fingerprint density at radius 3 is 2.59 bits per heavy atom. The Balaban J connectivity index is 1.46. The second-order valence-corrected chi connectivity index (χ2v) is 8.79. The van der Waals surface area contributed by atoms with Gasteiger partial charge in [0.05, 0.1) is 4.90 Å². The Hall–Kier alpha value is -3.04. The first-order valence-electron chi connectivity index (χ1n) is 9.36. The second kappa shape index (κ2) is 8.14. The maximum absolute atomic E-state index is 13.1. The molecule has 9 heteroatoms. The smallest absolute Gasteiger partial charge is 0.274 e. The lowest BCUT2D eigenvalue weighted by molar-refractivity contribution is 0.102. The molecule has 0 spiro atoms. The van der Waals surface area contributed by atoms with E-state index in [0.29, 0.717) is 31.6 Å². The van der Waals surface area contributed by atoms with Crippen LogP contribution < -0.4 is 5.32 Å². The highest BCUT2D eigenvalue weighted by molar-refractivity contribution is 7.89. The summed E-state index contributed by atoms with van der Waals surface area (Å²) in [6, 6.07) is 11.3. The van der Waals surface area contributed by atoms with Crippen LogP contribution in [0.3, 0.4) is 0 Å². The highest BCUT2D eigenvalue weighted by Crippen LogP contribution is 2.29. The molecule has 3 aromatic rings. The number of amides is 1. The molecule has 1 fully saturated rings. The fraction of sp³-hybridized carbons (Fsp3) is 0.250. The number of imidazole rings is 1. The van der Waals surface area contributed by atoms with Crippen LogP contribution in [-0.2, 0) is 10.0 Å². The molecule has 1 aromatic carbocycles. The van der Waals surface area contributed by atoms with Gasteiger partial charge in [-0.2, -0.15) is 4.31 Å². The van der Waals surface area contributed by atoms with E-state index in [1.807, 2.05) is 0 Å². The van der Waals surface area contributed by atoms with Gasteiger partial charge in [0.15, 0.2) is 0 Å². The predicted molar refractivity (Wildman–Crippen MR) is 108 cm³/mol. The number of nitrogens with zero attached hydrogens (tertiary/aromatic N) is 3. The number of aromatic amines is 1. The zero-order valence-electron chi connectivity index (χ0n) is 15.7. The molecular weight excluding hydrogens is 390 g/mol. The molecule has 29 heavy (non-hydrogen) atoms. The van der Waals surface area contributed by atoms with Crippen LogP contribution in [0.5, 0.6) is 0 Å². The van der Waals surface area contributed by atoms with Gasteiger partial charge >= 0.3 is 0 Å². The first-order valence-corrected chi connectivity index (χ1v) is 10.8. The van der Waals surface area contributed by atoms with Crippen molar-refractivity contribution in [2.45, 2.75) is 23.7 Å². The molecule has 0 aliphatic carbocycles. The van der Waals surface area contributed by atoms with Crippen LogP contribution in [0.25, 0.3) is 0 Å². The van der Waals surface area contributed by atoms with E-state index in [2.05, 4.69) is 20.3 Å². The molecule has 0 atom stereocenters. The van der Waals surface area contributed by atoms with Crippen molar-refractivity contribution in [2.75, 3.05) is 18.4 Å². The third-order valence-electron chi connectivity index (χ3n) is 4.99. The minimum absolute atomic E-state index is 0.160. The Morgan fingerprint density at radius 2 is 1.90 bits per heavy atom. The first kappa shape index (κ1) is 19.3. The lowest BCUT2D eigenvalue weighted by atomic mass is 9.98. The summed E-state index contributed by atoms with van der Waals surface area (Å²) >= 11 is 0. The van der Waals surface area contributed by atoms with Crippen molar-refractivity contribution in [1.82, 2.24) is 19.3 Å². The quantitative estimate of drug-likeness (QED) is 0.671. The normalized spacial score (nSPS) is 15.9. The predicted octanol–water partition coefficient (Wildman–Crippen LogP) is 2.63. The average Bonchev–Trinajstić information content (AvgIpc) is 3.30. The maximum atomic E-state index is 13.1. The molecule has 3 heterocycles. The number of carbonyl (C=O) groups is 1. The van der Waals surface area contributed by atoms with E-state index in [4.69, 9.17) is 0 Å². The van der Waals surface area contributed by atoms with Crippen molar-refractivity contribution in [1.29, 1.82) is 0 Å². The number of sulfonamides is 1. The van der Waals surface area contributed by atoms with Crippen LogP contribution >= 0.6 is 0 Å².